The number of hydrogen-bond acceptors (Lipinski definition) is 9. The summed E-state index contributed by atoms with van der Waals surface area (Å²) in [7, 11) is -3.97. The van der Waals surface area contributed by atoms with E-state index >= 15 is 0 Å². The molecule has 37 heavy (non-hydrogen) atoms. The summed E-state index contributed by atoms with van der Waals surface area (Å²) >= 11 is 0. The van der Waals surface area contributed by atoms with Crippen LogP contribution in [-0.2, 0) is 21.3 Å². The molecule has 0 aliphatic heterocycles. The number of nitriles is 1. The summed E-state index contributed by atoms with van der Waals surface area (Å²) < 4.78 is 34.3. The molecule has 0 fully saturated rings. The standard InChI is InChI=1S/C25H35N5O6S/c1-4-6-9-19(5-2)17-30-24(32)20(16-26)18(3)23(25(30)33)29-28-21-10-7-8-11-22(21)37(34,35)27-12-14-36-15-13-31/h7-8,10-11,19,27,31,33H,4-6,9,12-15,17H2,1-3H3/b29-28+. The quantitative estimate of drug-likeness (QED) is 0.232. The van der Waals surface area contributed by atoms with Crippen molar-refractivity contribution in [3.63, 3.8) is 0 Å². The van der Waals surface area contributed by atoms with Crippen LogP contribution in [0.4, 0.5) is 11.4 Å². The molecule has 0 aliphatic carbocycles. The maximum Gasteiger partial charge on any atom is 0.271 e. The van der Waals surface area contributed by atoms with E-state index in [1.165, 1.54) is 25.1 Å². The topological polar surface area (TPSA) is 166 Å². The van der Waals surface area contributed by atoms with Crippen LogP contribution < -0.4 is 10.3 Å². The molecule has 1 aromatic carbocycles. The number of ether oxygens (including phenoxy) is 1. The van der Waals surface area contributed by atoms with Crippen LogP contribution in [-0.4, -0.2) is 49.6 Å². The third-order valence-electron chi connectivity index (χ3n) is 5.94. The first-order valence-electron chi connectivity index (χ1n) is 12.3. The van der Waals surface area contributed by atoms with E-state index in [1.807, 2.05) is 13.0 Å². The van der Waals surface area contributed by atoms with Gasteiger partial charge in [-0.3, -0.25) is 9.36 Å². The molecule has 0 spiro atoms. The number of unbranched alkanes of at least 4 members (excludes halogenated alkanes) is 1. The third-order valence-corrected chi connectivity index (χ3v) is 7.45. The SMILES string of the molecule is CCCCC(CC)Cn1c(O)c(/N=N/c2ccccc2S(=O)(=O)NCCOCCO)c(C)c(C#N)c1=O. The van der Waals surface area contributed by atoms with Crippen LogP contribution >= 0.6 is 0 Å². The number of nitrogens with one attached hydrogen (secondary N) is 1. The zero-order chi connectivity index (χ0) is 27.4. The van der Waals surface area contributed by atoms with Crippen molar-refractivity contribution in [1.29, 1.82) is 5.26 Å². The monoisotopic (exact) mass is 533 g/mol. The molecule has 11 nitrogen and oxygen atoms in total. The molecular formula is C25H35N5O6S. The molecule has 1 aromatic heterocycles. The highest BCUT2D eigenvalue weighted by Gasteiger charge is 2.22. The van der Waals surface area contributed by atoms with Gasteiger partial charge in [-0.2, -0.15) is 5.26 Å². The minimum Gasteiger partial charge on any atom is -0.493 e. The lowest BCUT2D eigenvalue weighted by atomic mass is 9.99. The molecule has 2 aromatic rings. The van der Waals surface area contributed by atoms with E-state index in [0.29, 0.717) is 0 Å². The van der Waals surface area contributed by atoms with Crippen molar-refractivity contribution in [3.8, 4) is 11.9 Å². The Balaban J connectivity index is 2.46. The number of aromatic hydroxyl groups is 1. The highest BCUT2D eigenvalue weighted by molar-refractivity contribution is 7.89. The van der Waals surface area contributed by atoms with Crippen LogP contribution in [0.3, 0.4) is 0 Å². The van der Waals surface area contributed by atoms with Gasteiger partial charge in [0.25, 0.3) is 5.56 Å². The molecule has 0 aliphatic rings. The number of azo groups is 1. The van der Waals surface area contributed by atoms with Crippen LogP contribution in [0.2, 0.25) is 0 Å². The van der Waals surface area contributed by atoms with Crippen LogP contribution in [0.1, 0.15) is 50.7 Å². The van der Waals surface area contributed by atoms with Gasteiger partial charge in [0.15, 0.2) is 5.69 Å². The number of rotatable bonds is 15. The van der Waals surface area contributed by atoms with E-state index in [4.69, 9.17) is 9.84 Å². The molecular weight excluding hydrogens is 498 g/mol. The number of aliphatic hydroxyl groups is 1. The van der Waals surface area contributed by atoms with Gasteiger partial charge in [-0.1, -0.05) is 45.2 Å². The second-order valence-electron chi connectivity index (χ2n) is 8.52. The lowest BCUT2D eigenvalue weighted by Gasteiger charge is -2.19. The maximum atomic E-state index is 12.9. The van der Waals surface area contributed by atoms with Gasteiger partial charge in [-0.05, 0) is 31.4 Å². The highest BCUT2D eigenvalue weighted by Crippen LogP contribution is 2.34. The van der Waals surface area contributed by atoms with Gasteiger partial charge < -0.3 is 14.9 Å². The maximum absolute atomic E-state index is 12.9. The number of aliphatic hydroxyl groups excluding tert-OH is 1. The number of benzene rings is 1. The molecule has 0 radical (unpaired) electrons. The molecule has 0 saturated heterocycles. The fourth-order valence-corrected chi connectivity index (χ4v) is 4.91. The van der Waals surface area contributed by atoms with Crippen molar-refractivity contribution in [2.45, 2.75) is 57.9 Å². The first-order chi connectivity index (χ1) is 17.7. The Hall–Kier alpha value is -3.11. The Morgan fingerprint density at radius 2 is 1.95 bits per heavy atom. The molecule has 1 unspecified atom stereocenters. The van der Waals surface area contributed by atoms with E-state index < -0.39 is 21.5 Å². The molecule has 3 N–H and O–H groups in total. The van der Waals surface area contributed by atoms with E-state index in [-0.39, 0.29) is 66.2 Å². The summed E-state index contributed by atoms with van der Waals surface area (Å²) in [5, 5.41) is 37.5. The predicted molar refractivity (Wildman–Crippen MR) is 139 cm³/mol. The van der Waals surface area contributed by atoms with Crippen molar-refractivity contribution >= 4 is 21.4 Å². The van der Waals surface area contributed by atoms with Crippen molar-refractivity contribution < 1.29 is 23.4 Å². The smallest absolute Gasteiger partial charge is 0.271 e. The van der Waals surface area contributed by atoms with Gasteiger partial charge >= 0.3 is 0 Å². The molecule has 0 amide bonds. The second kappa shape index (κ2) is 14.6. The van der Waals surface area contributed by atoms with Crippen molar-refractivity contribution in [2.24, 2.45) is 16.1 Å². The number of sulfonamides is 1. The predicted octanol–water partition coefficient (Wildman–Crippen LogP) is 3.65. The van der Waals surface area contributed by atoms with Gasteiger partial charge in [0, 0.05) is 18.7 Å². The largest absolute Gasteiger partial charge is 0.493 e. The Bertz CT molecular complexity index is 1280. The van der Waals surface area contributed by atoms with E-state index in [1.54, 1.807) is 6.07 Å². The van der Waals surface area contributed by atoms with Gasteiger partial charge in [0.1, 0.15) is 22.2 Å². The molecule has 0 bridgehead atoms. The number of pyridine rings is 1. The average Bonchev–Trinajstić information content (AvgIpc) is 2.88. The van der Waals surface area contributed by atoms with E-state index in [2.05, 4.69) is 21.9 Å². The summed E-state index contributed by atoms with van der Waals surface area (Å²) in [5.41, 5.74) is -0.648. The highest BCUT2D eigenvalue weighted by atomic mass is 32.2. The molecule has 12 heteroatoms. The minimum atomic E-state index is -3.97. The summed E-state index contributed by atoms with van der Waals surface area (Å²) in [5.74, 6) is -0.291. The fourth-order valence-electron chi connectivity index (χ4n) is 3.77. The van der Waals surface area contributed by atoms with Gasteiger partial charge in [-0.25, -0.2) is 13.1 Å². The molecule has 202 valence electrons. The molecule has 0 saturated carbocycles. The Morgan fingerprint density at radius 1 is 1.22 bits per heavy atom. The number of hydrogen-bond donors (Lipinski definition) is 3. The average molecular weight is 534 g/mol. The summed E-state index contributed by atoms with van der Waals surface area (Å²) in [6.45, 7) is 5.79. The van der Waals surface area contributed by atoms with Crippen LogP contribution in [0, 0.1) is 24.2 Å². The minimum absolute atomic E-state index is 0.00992. The zero-order valence-corrected chi connectivity index (χ0v) is 22.3. The van der Waals surface area contributed by atoms with Crippen LogP contribution in [0.25, 0.3) is 0 Å². The lowest BCUT2D eigenvalue weighted by molar-refractivity contribution is 0.0961. The van der Waals surface area contributed by atoms with E-state index in [9.17, 15) is 23.6 Å². The first-order valence-corrected chi connectivity index (χ1v) is 13.8. The third kappa shape index (κ3) is 7.93. The summed E-state index contributed by atoms with van der Waals surface area (Å²) in [4.78, 5) is 12.8. The number of aromatic nitrogens is 1. The van der Waals surface area contributed by atoms with E-state index in [0.717, 1.165) is 30.3 Å². The second-order valence-corrected chi connectivity index (χ2v) is 10.3. The van der Waals surface area contributed by atoms with Crippen molar-refractivity contribution in [2.75, 3.05) is 26.4 Å². The van der Waals surface area contributed by atoms with Crippen LogP contribution in [0.5, 0.6) is 5.88 Å². The summed E-state index contributed by atoms with van der Waals surface area (Å²) in [6.07, 6.45) is 3.64. The molecule has 1 atom stereocenters. The Morgan fingerprint density at radius 3 is 2.59 bits per heavy atom. The van der Waals surface area contributed by atoms with Gasteiger partial charge in [0.05, 0.1) is 19.8 Å². The van der Waals surface area contributed by atoms with Gasteiger partial charge in [-0.15, -0.1) is 10.2 Å². The zero-order valence-electron chi connectivity index (χ0n) is 21.5. The molecule has 2 rings (SSSR count). The van der Waals surface area contributed by atoms with Crippen molar-refractivity contribution in [1.82, 2.24) is 9.29 Å². The summed E-state index contributed by atoms with van der Waals surface area (Å²) in [6, 6.07) is 7.83. The van der Waals surface area contributed by atoms with Crippen molar-refractivity contribution in [3.05, 3.63) is 45.7 Å². The Labute approximate surface area is 217 Å². The van der Waals surface area contributed by atoms with Crippen LogP contribution in [0.15, 0.2) is 44.2 Å². The van der Waals surface area contributed by atoms with Gasteiger partial charge in [0.2, 0.25) is 15.9 Å². The fraction of sp³-hybridized carbons (Fsp3) is 0.520. The number of nitrogens with zero attached hydrogens (tertiary/aromatic N) is 4. The normalized spacial score (nSPS) is 12.6. The Kier molecular flexibility index (Phi) is 11.9. The lowest BCUT2D eigenvalue weighted by Crippen LogP contribution is -2.27. The first kappa shape index (κ1) is 30.1. The molecule has 1 heterocycles.